The summed E-state index contributed by atoms with van der Waals surface area (Å²) >= 11 is 3.04. The van der Waals surface area contributed by atoms with Crippen molar-refractivity contribution in [1.29, 1.82) is 0 Å². The van der Waals surface area contributed by atoms with Gasteiger partial charge in [0.2, 0.25) is 0 Å². The van der Waals surface area contributed by atoms with Gasteiger partial charge in [0.15, 0.2) is 0 Å². The summed E-state index contributed by atoms with van der Waals surface area (Å²) in [4.78, 5) is 29.6. The molecule has 1 saturated heterocycles. The molecule has 1 atom stereocenters. The Labute approximate surface area is 149 Å². The molecule has 3 rings (SSSR count). The third kappa shape index (κ3) is 3.68. The topological polar surface area (TPSA) is 49.9 Å². The minimum Gasteiger partial charge on any atom is -0.468 e. The van der Waals surface area contributed by atoms with Crippen LogP contribution in [0.15, 0.2) is 34.3 Å². The van der Waals surface area contributed by atoms with E-state index in [1.54, 1.807) is 11.3 Å². The molecule has 1 fully saturated rings. The molecule has 0 saturated carbocycles. The summed E-state index contributed by atoms with van der Waals surface area (Å²) in [5, 5.41) is 5.87. The summed E-state index contributed by atoms with van der Waals surface area (Å²) in [5.41, 5.74) is 0.963. The van der Waals surface area contributed by atoms with Crippen LogP contribution in [0.25, 0.3) is 0 Å². The molecule has 1 aliphatic rings. The second-order valence-corrected chi connectivity index (χ2v) is 7.37. The number of methoxy groups -OCH3 is 1. The number of amides is 1. The molecule has 2 aromatic rings. The van der Waals surface area contributed by atoms with Gasteiger partial charge in [0.1, 0.15) is 6.04 Å². The molecule has 128 valence electrons. The van der Waals surface area contributed by atoms with Crippen molar-refractivity contribution in [3.8, 4) is 0 Å². The highest BCUT2D eigenvalue weighted by Crippen LogP contribution is 2.26. The molecule has 0 N–H and O–H groups in total. The Morgan fingerprint density at radius 2 is 2.04 bits per heavy atom. The number of hydrogen-bond acceptors (Lipinski definition) is 6. The van der Waals surface area contributed by atoms with Crippen LogP contribution in [0.3, 0.4) is 0 Å². The minimum atomic E-state index is -0.391. The van der Waals surface area contributed by atoms with Gasteiger partial charge in [0, 0.05) is 26.2 Å². The lowest BCUT2D eigenvalue weighted by Gasteiger charge is -2.28. The maximum Gasteiger partial charge on any atom is 0.327 e. The summed E-state index contributed by atoms with van der Waals surface area (Å²) in [6.07, 6.45) is 0.842. The van der Waals surface area contributed by atoms with Crippen molar-refractivity contribution in [1.82, 2.24) is 9.80 Å². The predicted molar refractivity (Wildman–Crippen MR) is 95.5 cm³/mol. The Bertz CT molecular complexity index is 670. The molecule has 0 radical (unpaired) electrons. The van der Waals surface area contributed by atoms with Gasteiger partial charge < -0.3 is 9.64 Å². The molecule has 5 nitrogen and oxygen atoms in total. The molecule has 3 heterocycles. The van der Waals surface area contributed by atoms with E-state index in [1.807, 2.05) is 39.2 Å². The Morgan fingerprint density at radius 1 is 1.17 bits per heavy atom. The maximum absolute atomic E-state index is 12.5. The molecule has 0 unspecified atom stereocenters. The van der Waals surface area contributed by atoms with Gasteiger partial charge in [-0.15, -0.1) is 11.3 Å². The van der Waals surface area contributed by atoms with Gasteiger partial charge in [-0.25, -0.2) is 4.79 Å². The standard InChI is InChI=1S/C17H20N2O3S2/c1-22-17(21)15(13-5-11-23-12-13)18-6-3-7-19(9-8-18)16(20)14-4-2-10-24-14/h2,4-5,10-12,15H,3,6-9H2,1H3/t15-/m0/s1. The van der Waals surface area contributed by atoms with Crippen LogP contribution in [0.2, 0.25) is 0 Å². The molecular weight excluding hydrogens is 344 g/mol. The van der Waals surface area contributed by atoms with Gasteiger partial charge in [0.25, 0.3) is 5.91 Å². The van der Waals surface area contributed by atoms with Crippen molar-refractivity contribution in [3.63, 3.8) is 0 Å². The molecule has 0 spiro atoms. The summed E-state index contributed by atoms with van der Waals surface area (Å²) in [6, 6.07) is 5.33. The molecule has 0 aliphatic carbocycles. The van der Waals surface area contributed by atoms with E-state index >= 15 is 0 Å². The van der Waals surface area contributed by atoms with Gasteiger partial charge in [-0.1, -0.05) is 6.07 Å². The highest BCUT2D eigenvalue weighted by atomic mass is 32.1. The van der Waals surface area contributed by atoms with Crippen molar-refractivity contribution in [2.45, 2.75) is 12.5 Å². The number of hydrogen-bond donors (Lipinski definition) is 0. The predicted octanol–water partition coefficient (Wildman–Crippen LogP) is 2.87. The number of nitrogens with zero attached hydrogens (tertiary/aromatic N) is 2. The molecule has 1 aliphatic heterocycles. The first-order chi connectivity index (χ1) is 11.7. The van der Waals surface area contributed by atoms with E-state index in [1.165, 1.54) is 18.4 Å². The number of thiophene rings is 2. The molecule has 0 bridgehead atoms. The quantitative estimate of drug-likeness (QED) is 0.783. The SMILES string of the molecule is COC(=O)[C@H](c1ccsc1)N1CCCN(C(=O)c2cccs2)CC1. The van der Waals surface area contributed by atoms with Gasteiger partial charge in [-0.3, -0.25) is 9.69 Å². The van der Waals surface area contributed by atoms with Gasteiger partial charge in [0.05, 0.1) is 12.0 Å². The van der Waals surface area contributed by atoms with Crippen molar-refractivity contribution in [2.24, 2.45) is 0 Å². The highest BCUT2D eigenvalue weighted by molar-refractivity contribution is 7.12. The largest absolute Gasteiger partial charge is 0.468 e. The number of carbonyl (C=O) groups excluding carboxylic acids is 2. The van der Waals surface area contributed by atoms with E-state index < -0.39 is 6.04 Å². The van der Waals surface area contributed by atoms with Crippen molar-refractivity contribution >= 4 is 34.6 Å². The Balaban J connectivity index is 1.72. The number of rotatable bonds is 4. The third-order valence-electron chi connectivity index (χ3n) is 4.20. The van der Waals surface area contributed by atoms with Crippen molar-refractivity contribution in [3.05, 3.63) is 44.8 Å². The molecule has 24 heavy (non-hydrogen) atoms. The fourth-order valence-electron chi connectivity index (χ4n) is 2.99. The van der Waals surface area contributed by atoms with Gasteiger partial charge in [-0.05, 0) is 40.3 Å². The number of carbonyl (C=O) groups is 2. The van der Waals surface area contributed by atoms with Crippen molar-refractivity contribution in [2.75, 3.05) is 33.3 Å². The first-order valence-corrected chi connectivity index (χ1v) is 9.69. The monoisotopic (exact) mass is 364 g/mol. The van der Waals surface area contributed by atoms with Crippen LogP contribution in [-0.4, -0.2) is 55.0 Å². The zero-order valence-electron chi connectivity index (χ0n) is 13.5. The van der Waals surface area contributed by atoms with E-state index in [9.17, 15) is 9.59 Å². The Hall–Kier alpha value is -1.70. The normalized spacial score (nSPS) is 17.3. The smallest absolute Gasteiger partial charge is 0.327 e. The van der Waals surface area contributed by atoms with Crippen LogP contribution in [0.5, 0.6) is 0 Å². The summed E-state index contributed by atoms with van der Waals surface area (Å²) in [5.74, 6) is -0.163. The lowest BCUT2D eigenvalue weighted by molar-refractivity contribution is -0.147. The van der Waals surface area contributed by atoms with Crippen LogP contribution in [-0.2, 0) is 9.53 Å². The van der Waals surface area contributed by atoms with Crippen LogP contribution in [0.4, 0.5) is 0 Å². The first-order valence-electron chi connectivity index (χ1n) is 7.87. The Kier molecular flexibility index (Phi) is 5.65. The van der Waals surface area contributed by atoms with E-state index in [4.69, 9.17) is 4.74 Å². The fraction of sp³-hybridized carbons (Fsp3) is 0.412. The summed E-state index contributed by atoms with van der Waals surface area (Å²) in [6.45, 7) is 2.76. The van der Waals surface area contributed by atoms with E-state index in [2.05, 4.69) is 4.90 Å². The first kappa shape index (κ1) is 17.1. The number of ether oxygens (including phenoxy) is 1. The maximum atomic E-state index is 12.5. The van der Waals surface area contributed by atoms with Crippen LogP contribution in [0.1, 0.15) is 27.7 Å². The highest BCUT2D eigenvalue weighted by Gasteiger charge is 2.31. The van der Waals surface area contributed by atoms with Crippen molar-refractivity contribution < 1.29 is 14.3 Å². The second kappa shape index (κ2) is 7.92. The van der Waals surface area contributed by atoms with Crippen LogP contribution >= 0.6 is 22.7 Å². The lowest BCUT2D eigenvalue weighted by Crippen LogP contribution is -2.38. The van der Waals surface area contributed by atoms with E-state index in [-0.39, 0.29) is 11.9 Å². The Morgan fingerprint density at radius 3 is 2.71 bits per heavy atom. The molecule has 1 amide bonds. The molecular formula is C17H20N2O3S2. The average molecular weight is 364 g/mol. The third-order valence-corrected chi connectivity index (χ3v) is 5.76. The number of esters is 1. The zero-order valence-corrected chi connectivity index (χ0v) is 15.1. The van der Waals surface area contributed by atoms with Crippen LogP contribution in [0, 0.1) is 0 Å². The van der Waals surface area contributed by atoms with Gasteiger partial charge in [-0.2, -0.15) is 11.3 Å². The fourth-order valence-corrected chi connectivity index (χ4v) is 4.36. The molecule has 7 heteroatoms. The lowest BCUT2D eigenvalue weighted by atomic mass is 10.1. The van der Waals surface area contributed by atoms with E-state index in [0.717, 1.165) is 23.4 Å². The minimum absolute atomic E-state index is 0.0806. The van der Waals surface area contributed by atoms with E-state index in [0.29, 0.717) is 19.6 Å². The van der Waals surface area contributed by atoms with Gasteiger partial charge >= 0.3 is 5.97 Å². The van der Waals surface area contributed by atoms with Crippen LogP contribution < -0.4 is 0 Å². The summed E-state index contributed by atoms with van der Waals surface area (Å²) in [7, 11) is 1.42. The summed E-state index contributed by atoms with van der Waals surface area (Å²) < 4.78 is 5.01. The molecule has 0 aromatic carbocycles. The average Bonchev–Trinajstić information content (AvgIpc) is 3.26. The molecule has 2 aromatic heterocycles. The zero-order chi connectivity index (χ0) is 16.9. The second-order valence-electron chi connectivity index (χ2n) is 5.64.